The second-order valence-corrected chi connectivity index (χ2v) is 7.62. The Kier molecular flexibility index (Phi) is 5.11. The van der Waals surface area contributed by atoms with Gasteiger partial charge in [0.2, 0.25) is 0 Å². The molecule has 0 radical (unpaired) electrons. The van der Waals surface area contributed by atoms with Gasteiger partial charge < -0.3 is 11.1 Å². The number of anilines is 2. The Morgan fingerprint density at radius 2 is 2.05 bits per heavy atom. The number of nitrogens with zero attached hydrogens (tertiary/aromatic N) is 1. The first-order valence-electron chi connectivity index (χ1n) is 5.90. The molecule has 1 aromatic heterocycles. The summed E-state index contributed by atoms with van der Waals surface area (Å²) < 4.78 is 61.0. The number of nitrogens with one attached hydrogen (secondary N) is 1. The molecule has 1 aromatic rings. The van der Waals surface area contributed by atoms with Crippen molar-refractivity contribution in [3.05, 3.63) is 4.88 Å². The Labute approximate surface area is 124 Å². The largest absolute Gasteiger partial charge is 0.396 e. The van der Waals surface area contributed by atoms with Crippen molar-refractivity contribution in [2.24, 2.45) is 0 Å². The molecule has 21 heavy (non-hydrogen) atoms. The summed E-state index contributed by atoms with van der Waals surface area (Å²) >= 11 is 0.739. The van der Waals surface area contributed by atoms with Crippen LogP contribution in [0, 0.1) is 11.3 Å². The summed E-state index contributed by atoms with van der Waals surface area (Å²) in [5, 5.41) is 11.4. The Bertz CT molecular complexity index is 659. The Morgan fingerprint density at radius 3 is 2.48 bits per heavy atom. The molecule has 0 amide bonds. The van der Waals surface area contributed by atoms with Crippen molar-refractivity contribution >= 4 is 31.9 Å². The van der Waals surface area contributed by atoms with Gasteiger partial charge in [0.1, 0.15) is 20.8 Å². The maximum Gasteiger partial charge on any atom is 0.391 e. The predicted molar refractivity (Wildman–Crippen MR) is 74.9 cm³/mol. The summed E-state index contributed by atoms with van der Waals surface area (Å²) in [5.41, 5.74) is 5.41. The second-order valence-electron chi connectivity index (χ2n) is 4.38. The van der Waals surface area contributed by atoms with Gasteiger partial charge in [0.15, 0.2) is 9.84 Å². The number of sulfone groups is 1. The lowest BCUT2D eigenvalue weighted by atomic mass is 10.2. The number of hydrogen-bond acceptors (Lipinski definition) is 6. The molecular weight excluding hydrogens is 327 g/mol. The van der Waals surface area contributed by atoms with Crippen LogP contribution in [-0.2, 0) is 9.84 Å². The molecule has 0 spiro atoms. The van der Waals surface area contributed by atoms with Crippen molar-refractivity contribution < 1.29 is 21.6 Å². The number of nitrogen functional groups attached to an aromatic ring is 1. The van der Waals surface area contributed by atoms with E-state index in [-0.39, 0.29) is 26.2 Å². The number of hydrogen-bond donors (Lipinski definition) is 2. The minimum absolute atomic E-state index is 0.0253. The fourth-order valence-corrected chi connectivity index (χ4v) is 4.24. The average molecular weight is 341 g/mol. The van der Waals surface area contributed by atoms with Crippen molar-refractivity contribution in [1.29, 1.82) is 5.26 Å². The van der Waals surface area contributed by atoms with Gasteiger partial charge in [-0.05, 0) is 6.92 Å². The summed E-state index contributed by atoms with van der Waals surface area (Å²) in [6.07, 6.45) is -5.50. The minimum Gasteiger partial charge on any atom is -0.396 e. The summed E-state index contributed by atoms with van der Waals surface area (Å²) in [7, 11) is -3.75. The van der Waals surface area contributed by atoms with Gasteiger partial charge in [-0.2, -0.15) is 18.4 Å². The van der Waals surface area contributed by atoms with Crippen LogP contribution in [-0.4, -0.2) is 26.4 Å². The van der Waals surface area contributed by atoms with Crippen LogP contribution in [0.5, 0.6) is 0 Å². The van der Waals surface area contributed by atoms with Crippen LogP contribution in [0.15, 0.2) is 4.90 Å². The molecule has 1 atom stereocenters. The van der Waals surface area contributed by atoms with Gasteiger partial charge in [0.25, 0.3) is 0 Å². The summed E-state index contributed by atoms with van der Waals surface area (Å²) in [6, 6.07) is 0.699. The lowest BCUT2D eigenvalue weighted by molar-refractivity contribution is -0.136. The number of thiophene rings is 1. The molecular formula is C11H14F3N3O2S2. The molecule has 5 nitrogen and oxygen atoms in total. The SMILES string of the molecule is CCS(=O)(=O)c1c(NC(C)CC(F)(F)F)sc(C#N)c1N. The van der Waals surface area contributed by atoms with Crippen LogP contribution in [0.3, 0.4) is 0 Å². The fourth-order valence-electron chi connectivity index (χ4n) is 1.68. The molecule has 0 aliphatic rings. The standard InChI is InChI=1S/C11H14F3N3O2S2/c1-3-21(18,19)9-8(16)7(5-15)20-10(9)17-6(2)4-11(12,13)14/h6,17H,3-4,16H2,1-2H3. The molecule has 0 aliphatic carbocycles. The van der Waals surface area contributed by atoms with E-state index in [0.29, 0.717) is 0 Å². The van der Waals surface area contributed by atoms with Crippen molar-refractivity contribution in [3.63, 3.8) is 0 Å². The highest BCUT2D eigenvalue weighted by Crippen LogP contribution is 2.40. The summed E-state index contributed by atoms with van der Waals surface area (Å²) in [6.45, 7) is 2.67. The molecule has 1 unspecified atom stereocenters. The van der Waals surface area contributed by atoms with Gasteiger partial charge in [-0.3, -0.25) is 0 Å². The molecule has 0 saturated carbocycles. The second kappa shape index (κ2) is 6.11. The number of alkyl halides is 3. The quantitative estimate of drug-likeness (QED) is 0.858. The maximum atomic E-state index is 12.3. The van der Waals surface area contributed by atoms with Gasteiger partial charge in [-0.15, -0.1) is 11.3 Å². The third-order valence-electron chi connectivity index (χ3n) is 2.61. The van der Waals surface area contributed by atoms with E-state index in [2.05, 4.69) is 5.32 Å². The van der Waals surface area contributed by atoms with Crippen molar-refractivity contribution in [3.8, 4) is 6.07 Å². The van der Waals surface area contributed by atoms with E-state index in [1.54, 1.807) is 6.07 Å². The van der Waals surface area contributed by atoms with Crippen LogP contribution in [0.4, 0.5) is 23.9 Å². The van der Waals surface area contributed by atoms with E-state index in [1.165, 1.54) is 13.8 Å². The number of nitriles is 1. The van der Waals surface area contributed by atoms with Crippen molar-refractivity contribution in [1.82, 2.24) is 0 Å². The lowest BCUT2D eigenvalue weighted by Gasteiger charge is -2.17. The number of nitrogens with two attached hydrogens (primary N) is 1. The third-order valence-corrected chi connectivity index (χ3v) is 5.58. The van der Waals surface area contributed by atoms with E-state index in [4.69, 9.17) is 11.0 Å². The molecule has 0 bridgehead atoms. The van der Waals surface area contributed by atoms with Gasteiger partial charge in [-0.25, -0.2) is 8.42 Å². The molecule has 1 rings (SSSR count). The average Bonchev–Trinajstić information content (AvgIpc) is 2.63. The van der Waals surface area contributed by atoms with Crippen LogP contribution in [0.25, 0.3) is 0 Å². The Morgan fingerprint density at radius 1 is 1.48 bits per heavy atom. The van der Waals surface area contributed by atoms with Crippen LogP contribution in [0.2, 0.25) is 0 Å². The summed E-state index contributed by atoms with van der Waals surface area (Å²) in [5.74, 6) is -0.263. The zero-order chi connectivity index (χ0) is 16.4. The molecule has 118 valence electrons. The molecule has 0 aromatic carbocycles. The first-order valence-corrected chi connectivity index (χ1v) is 8.37. The number of rotatable bonds is 5. The van der Waals surface area contributed by atoms with Gasteiger partial charge in [0, 0.05) is 6.04 Å². The first kappa shape index (κ1) is 17.6. The number of halogens is 3. The third kappa shape index (κ3) is 4.25. The lowest BCUT2D eigenvalue weighted by Crippen LogP contribution is -2.24. The van der Waals surface area contributed by atoms with E-state index < -0.39 is 28.5 Å². The van der Waals surface area contributed by atoms with Crippen molar-refractivity contribution in [2.45, 2.75) is 37.4 Å². The highest BCUT2D eigenvalue weighted by Gasteiger charge is 2.32. The Hall–Kier alpha value is -1.47. The molecule has 0 fully saturated rings. The minimum atomic E-state index is -4.38. The van der Waals surface area contributed by atoms with E-state index in [9.17, 15) is 21.6 Å². The predicted octanol–water partition coefficient (Wildman–Crippen LogP) is 2.75. The highest BCUT2D eigenvalue weighted by molar-refractivity contribution is 7.91. The zero-order valence-corrected chi connectivity index (χ0v) is 12.9. The van der Waals surface area contributed by atoms with E-state index in [0.717, 1.165) is 11.3 Å². The molecule has 10 heteroatoms. The van der Waals surface area contributed by atoms with Gasteiger partial charge >= 0.3 is 6.18 Å². The molecule has 1 heterocycles. The first-order chi connectivity index (χ1) is 9.51. The van der Waals surface area contributed by atoms with Crippen LogP contribution >= 0.6 is 11.3 Å². The van der Waals surface area contributed by atoms with Crippen molar-refractivity contribution in [2.75, 3.05) is 16.8 Å². The normalized spacial score (nSPS) is 13.7. The maximum absolute atomic E-state index is 12.3. The molecule has 0 saturated heterocycles. The fraction of sp³-hybridized carbons (Fsp3) is 0.545. The van der Waals surface area contributed by atoms with E-state index >= 15 is 0 Å². The van der Waals surface area contributed by atoms with Crippen LogP contribution in [0.1, 0.15) is 25.1 Å². The Balaban J connectivity index is 3.22. The van der Waals surface area contributed by atoms with Gasteiger partial charge in [0.05, 0.1) is 17.9 Å². The summed E-state index contributed by atoms with van der Waals surface area (Å²) in [4.78, 5) is -0.329. The molecule has 3 N–H and O–H groups in total. The van der Waals surface area contributed by atoms with E-state index in [1.807, 2.05) is 0 Å². The monoisotopic (exact) mass is 341 g/mol. The zero-order valence-electron chi connectivity index (χ0n) is 11.3. The van der Waals surface area contributed by atoms with Crippen LogP contribution < -0.4 is 11.1 Å². The smallest absolute Gasteiger partial charge is 0.391 e. The topological polar surface area (TPSA) is 96.0 Å². The molecule has 0 aliphatic heterocycles. The van der Waals surface area contributed by atoms with Gasteiger partial charge in [-0.1, -0.05) is 6.92 Å². The highest BCUT2D eigenvalue weighted by atomic mass is 32.2.